The molecular weight excluding hydrogens is 328 g/mol. The molecule has 26 heavy (non-hydrogen) atoms. The highest BCUT2D eigenvalue weighted by Crippen LogP contribution is 2.30. The van der Waals surface area contributed by atoms with E-state index in [4.69, 9.17) is 4.74 Å². The fourth-order valence-electron chi connectivity index (χ4n) is 3.53. The molecule has 0 spiro atoms. The predicted octanol–water partition coefficient (Wildman–Crippen LogP) is 3.48. The number of nitrogens with zero attached hydrogens (tertiary/aromatic N) is 1. The molecule has 1 heterocycles. The van der Waals surface area contributed by atoms with Gasteiger partial charge >= 0.3 is 5.97 Å². The summed E-state index contributed by atoms with van der Waals surface area (Å²) in [5.41, 5.74) is 5.46. The molecule has 0 aromatic heterocycles. The van der Waals surface area contributed by atoms with Crippen molar-refractivity contribution in [3.8, 4) is 0 Å². The number of hydrogen-bond acceptors (Lipinski definition) is 4. The molecule has 0 bridgehead atoms. The number of hydrogen-bond donors (Lipinski definition) is 1. The second kappa shape index (κ2) is 7.60. The van der Waals surface area contributed by atoms with Crippen molar-refractivity contribution in [1.29, 1.82) is 0 Å². The molecule has 1 aliphatic heterocycles. The van der Waals surface area contributed by atoms with Gasteiger partial charge in [-0.25, -0.2) is 4.79 Å². The van der Waals surface area contributed by atoms with Crippen molar-refractivity contribution < 1.29 is 14.3 Å². The van der Waals surface area contributed by atoms with Gasteiger partial charge in [-0.1, -0.05) is 24.3 Å². The van der Waals surface area contributed by atoms with Gasteiger partial charge in [0.25, 0.3) is 0 Å². The third kappa shape index (κ3) is 3.57. The van der Waals surface area contributed by atoms with Gasteiger partial charge in [0.1, 0.15) is 0 Å². The molecule has 0 atom stereocenters. The van der Waals surface area contributed by atoms with Crippen LogP contribution >= 0.6 is 0 Å². The van der Waals surface area contributed by atoms with E-state index in [0.29, 0.717) is 5.56 Å². The third-order valence-electron chi connectivity index (χ3n) is 4.83. The Labute approximate surface area is 154 Å². The monoisotopic (exact) mass is 352 g/mol. The van der Waals surface area contributed by atoms with Crippen LogP contribution in [0.25, 0.3) is 0 Å². The average Bonchev–Trinajstić information content (AvgIpc) is 2.64. The Balaban J connectivity index is 1.80. The number of esters is 1. The first kappa shape index (κ1) is 18.0. The Morgan fingerprint density at radius 2 is 1.81 bits per heavy atom. The molecule has 1 amide bonds. The van der Waals surface area contributed by atoms with Crippen molar-refractivity contribution in [2.24, 2.45) is 0 Å². The van der Waals surface area contributed by atoms with E-state index in [1.807, 2.05) is 49.1 Å². The maximum atomic E-state index is 12.6. The fourth-order valence-corrected chi connectivity index (χ4v) is 3.53. The van der Waals surface area contributed by atoms with E-state index < -0.39 is 0 Å². The lowest BCUT2D eigenvalue weighted by Gasteiger charge is -2.31. The normalized spacial score (nSPS) is 13.1. The summed E-state index contributed by atoms with van der Waals surface area (Å²) in [5, 5.41) is 3.03. The summed E-state index contributed by atoms with van der Waals surface area (Å²) in [6, 6.07) is 11.5. The minimum Gasteiger partial charge on any atom is -0.465 e. The molecule has 2 aromatic rings. The van der Waals surface area contributed by atoms with Crippen LogP contribution in [-0.2, 0) is 16.0 Å². The number of carbonyl (C=O) groups is 2. The van der Waals surface area contributed by atoms with E-state index in [2.05, 4.69) is 5.32 Å². The number of rotatable bonds is 4. The molecule has 0 saturated heterocycles. The zero-order valence-corrected chi connectivity index (χ0v) is 15.5. The molecule has 0 aliphatic carbocycles. The van der Waals surface area contributed by atoms with Crippen LogP contribution in [0.15, 0.2) is 36.4 Å². The van der Waals surface area contributed by atoms with E-state index in [1.165, 1.54) is 7.11 Å². The molecule has 1 N–H and O–H groups in total. The first-order valence-corrected chi connectivity index (χ1v) is 8.82. The first-order chi connectivity index (χ1) is 12.5. The van der Waals surface area contributed by atoms with Crippen molar-refractivity contribution in [3.05, 3.63) is 58.7 Å². The van der Waals surface area contributed by atoms with Gasteiger partial charge in [-0.15, -0.1) is 0 Å². The van der Waals surface area contributed by atoms with Gasteiger partial charge in [0.05, 0.1) is 19.2 Å². The number of aryl methyl sites for hydroxylation is 2. The van der Waals surface area contributed by atoms with E-state index >= 15 is 0 Å². The second-order valence-corrected chi connectivity index (χ2v) is 6.63. The number of amides is 1. The molecule has 0 saturated carbocycles. The largest absolute Gasteiger partial charge is 0.465 e. The zero-order valence-electron chi connectivity index (χ0n) is 15.5. The van der Waals surface area contributed by atoms with E-state index in [0.717, 1.165) is 47.5 Å². The van der Waals surface area contributed by atoms with E-state index in [9.17, 15) is 9.59 Å². The molecule has 136 valence electrons. The number of ether oxygens (including phenoxy) is 1. The predicted molar refractivity (Wildman–Crippen MR) is 103 cm³/mol. The lowest BCUT2D eigenvalue weighted by atomic mass is 9.96. The van der Waals surface area contributed by atoms with Crippen LogP contribution in [0.3, 0.4) is 0 Å². The van der Waals surface area contributed by atoms with Crippen molar-refractivity contribution in [1.82, 2.24) is 0 Å². The van der Waals surface area contributed by atoms with Crippen LogP contribution in [0, 0.1) is 13.8 Å². The highest BCUT2D eigenvalue weighted by atomic mass is 16.5. The summed E-state index contributed by atoms with van der Waals surface area (Å²) >= 11 is 0. The minimum atomic E-state index is -0.330. The lowest BCUT2D eigenvalue weighted by molar-refractivity contribution is -0.115. The minimum absolute atomic E-state index is 0.0567. The van der Waals surface area contributed by atoms with Gasteiger partial charge in [0.2, 0.25) is 5.91 Å². The zero-order chi connectivity index (χ0) is 18.7. The molecule has 5 heteroatoms. The maximum Gasteiger partial charge on any atom is 0.338 e. The Kier molecular flexibility index (Phi) is 5.26. The van der Waals surface area contributed by atoms with Crippen molar-refractivity contribution in [2.75, 3.05) is 30.4 Å². The summed E-state index contributed by atoms with van der Waals surface area (Å²) in [5.74, 6) is -0.387. The molecular formula is C21H24N2O3. The Bertz CT molecular complexity index is 825. The molecule has 0 unspecified atom stereocenters. The number of anilines is 2. The standard InChI is InChI=1S/C21H24N2O3/c1-14-7-4-8-15(2)20(14)22-19(24)13-23-12-6-10-16-17(21(25)26-3)9-5-11-18(16)23/h4-5,7-9,11H,6,10,12-13H2,1-3H3,(H,22,24). The second-order valence-electron chi connectivity index (χ2n) is 6.63. The van der Waals surface area contributed by atoms with Gasteiger partial charge < -0.3 is 15.0 Å². The average molecular weight is 352 g/mol. The van der Waals surface area contributed by atoms with E-state index in [1.54, 1.807) is 6.07 Å². The number of carbonyl (C=O) groups excluding carboxylic acids is 2. The summed E-state index contributed by atoms with van der Waals surface area (Å²) < 4.78 is 4.89. The van der Waals surface area contributed by atoms with Gasteiger partial charge in [0, 0.05) is 17.9 Å². The van der Waals surface area contributed by atoms with Gasteiger partial charge in [-0.3, -0.25) is 4.79 Å². The smallest absolute Gasteiger partial charge is 0.338 e. The quantitative estimate of drug-likeness (QED) is 0.856. The number of nitrogens with one attached hydrogen (secondary N) is 1. The van der Waals surface area contributed by atoms with Gasteiger partial charge in [-0.05, 0) is 55.5 Å². The Morgan fingerprint density at radius 1 is 1.12 bits per heavy atom. The van der Waals surface area contributed by atoms with Crippen LogP contribution in [-0.4, -0.2) is 32.1 Å². The maximum absolute atomic E-state index is 12.6. The molecule has 5 nitrogen and oxygen atoms in total. The number of para-hydroxylation sites is 1. The fraction of sp³-hybridized carbons (Fsp3) is 0.333. The molecule has 0 radical (unpaired) electrons. The van der Waals surface area contributed by atoms with Crippen molar-refractivity contribution in [3.63, 3.8) is 0 Å². The third-order valence-corrected chi connectivity index (χ3v) is 4.83. The van der Waals surface area contributed by atoms with Crippen LogP contribution in [0.5, 0.6) is 0 Å². The van der Waals surface area contributed by atoms with Crippen LogP contribution < -0.4 is 10.2 Å². The molecule has 3 rings (SSSR count). The van der Waals surface area contributed by atoms with Crippen LogP contribution in [0.4, 0.5) is 11.4 Å². The van der Waals surface area contributed by atoms with Crippen molar-refractivity contribution in [2.45, 2.75) is 26.7 Å². The van der Waals surface area contributed by atoms with Gasteiger partial charge in [-0.2, -0.15) is 0 Å². The molecule has 0 fully saturated rings. The molecule has 2 aromatic carbocycles. The van der Waals surface area contributed by atoms with Crippen molar-refractivity contribution >= 4 is 23.3 Å². The number of fused-ring (bicyclic) bond motifs is 1. The Morgan fingerprint density at radius 3 is 2.50 bits per heavy atom. The first-order valence-electron chi connectivity index (χ1n) is 8.82. The summed E-state index contributed by atoms with van der Waals surface area (Å²) in [6.45, 7) is 5.02. The van der Waals surface area contributed by atoms with Crippen LogP contribution in [0.2, 0.25) is 0 Å². The van der Waals surface area contributed by atoms with E-state index in [-0.39, 0.29) is 18.4 Å². The van der Waals surface area contributed by atoms with Crippen LogP contribution in [0.1, 0.15) is 33.5 Å². The summed E-state index contributed by atoms with van der Waals surface area (Å²) in [7, 11) is 1.39. The van der Waals surface area contributed by atoms with Gasteiger partial charge in [0.15, 0.2) is 0 Å². The SMILES string of the molecule is COC(=O)c1cccc2c1CCCN2CC(=O)Nc1c(C)cccc1C. The number of benzene rings is 2. The topological polar surface area (TPSA) is 58.6 Å². The summed E-state index contributed by atoms with van der Waals surface area (Å²) in [6.07, 6.45) is 1.72. The number of methoxy groups -OCH3 is 1. The lowest BCUT2D eigenvalue weighted by Crippen LogP contribution is -2.37. The molecule has 1 aliphatic rings. The highest BCUT2D eigenvalue weighted by Gasteiger charge is 2.24. The highest BCUT2D eigenvalue weighted by molar-refractivity contribution is 5.97. The Hall–Kier alpha value is -2.82. The summed E-state index contributed by atoms with van der Waals surface area (Å²) in [4.78, 5) is 26.7.